The quantitative estimate of drug-likeness (QED) is 0.548. The number of hydrazine groups is 1. The van der Waals surface area contributed by atoms with Crippen LogP contribution in [0.25, 0.3) is 0 Å². The van der Waals surface area contributed by atoms with Gasteiger partial charge in [-0.1, -0.05) is 0 Å². The molecule has 0 aromatic rings. The molecule has 3 heteroatoms. The van der Waals surface area contributed by atoms with Gasteiger partial charge in [-0.15, -0.1) is 0 Å². The van der Waals surface area contributed by atoms with Crippen LogP contribution in [0.5, 0.6) is 0 Å². The topological polar surface area (TPSA) is 24.5 Å². The van der Waals surface area contributed by atoms with Crippen LogP contribution >= 0.6 is 0 Å². The minimum absolute atomic E-state index is 0.578. The van der Waals surface area contributed by atoms with E-state index in [0.29, 0.717) is 12.8 Å². The van der Waals surface area contributed by atoms with Crippen LogP contribution in [0.4, 0.5) is 0 Å². The van der Waals surface area contributed by atoms with Crippen LogP contribution in [-0.4, -0.2) is 30.9 Å². The summed E-state index contributed by atoms with van der Waals surface area (Å²) in [7, 11) is 0. The summed E-state index contributed by atoms with van der Waals surface area (Å²) < 4.78 is 5.10. The van der Waals surface area contributed by atoms with E-state index in [-0.39, 0.29) is 0 Å². The van der Waals surface area contributed by atoms with Gasteiger partial charge in [0.05, 0.1) is 6.61 Å². The molecule has 0 unspecified atom stereocenters. The van der Waals surface area contributed by atoms with Crippen molar-refractivity contribution in [3.63, 3.8) is 0 Å². The maximum atomic E-state index is 5.10. The number of rotatable bonds is 1. The molecule has 0 spiro atoms. The van der Waals surface area contributed by atoms with Gasteiger partial charge in [0.1, 0.15) is 6.73 Å². The molecule has 0 aromatic carbocycles. The third-order valence-electron chi connectivity index (χ3n) is 1.47. The first kappa shape index (κ1) is 6.99. The van der Waals surface area contributed by atoms with Crippen LogP contribution in [0.15, 0.2) is 0 Å². The molecule has 3 nitrogen and oxygen atoms in total. The molecular formula is C6H14N2O. The molecule has 9 heavy (non-hydrogen) atoms. The average molecular weight is 130 g/mol. The summed E-state index contributed by atoms with van der Waals surface area (Å²) in [5.74, 6) is 0. The normalized spacial score (nSPS) is 23.0. The molecule has 1 N–H and O–H groups in total. The van der Waals surface area contributed by atoms with E-state index in [0.717, 1.165) is 13.2 Å². The Labute approximate surface area is 56.0 Å². The Bertz CT molecular complexity index is 79.1. The second-order valence-corrected chi connectivity index (χ2v) is 2.50. The molecule has 0 aromatic heterocycles. The smallest absolute Gasteiger partial charge is 0.109 e. The molecular weight excluding hydrogens is 116 g/mol. The van der Waals surface area contributed by atoms with Crippen molar-refractivity contribution in [3.8, 4) is 0 Å². The Kier molecular flexibility index (Phi) is 2.45. The Hall–Kier alpha value is -0.120. The lowest BCUT2D eigenvalue weighted by Gasteiger charge is -2.30. The molecule has 0 radical (unpaired) electrons. The number of hydrogen-bond acceptors (Lipinski definition) is 3. The highest BCUT2D eigenvalue weighted by Gasteiger charge is 2.11. The van der Waals surface area contributed by atoms with E-state index < -0.39 is 0 Å². The van der Waals surface area contributed by atoms with Gasteiger partial charge in [-0.3, -0.25) is 0 Å². The Balaban J connectivity index is 2.23. The minimum Gasteiger partial charge on any atom is -0.364 e. The maximum Gasteiger partial charge on any atom is 0.109 e. The summed E-state index contributed by atoms with van der Waals surface area (Å²) in [5, 5.41) is 2.18. The van der Waals surface area contributed by atoms with Crippen LogP contribution in [-0.2, 0) is 4.74 Å². The number of hydrogen-bond donors (Lipinski definition) is 1. The van der Waals surface area contributed by atoms with Crippen LogP contribution < -0.4 is 5.43 Å². The van der Waals surface area contributed by atoms with E-state index in [1.54, 1.807) is 0 Å². The molecule has 1 saturated heterocycles. The molecule has 54 valence electrons. The number of nitrogens with zero attached hydrogens (tertiary/aromatic N) is 1. The van der Waals surface area contributed by atoms with Crippen molar-refractivity contribution in [1.29, 1.82) is 0 Å². The van der Waals surface area contributed by atoms with Gasteiger partial charge in [0.2, 0.25) is 0 Å². The van der Waals surface area contributed by atoms with Crippen LogP contribution in [0.1, 0.15) is 13.8 Å². The Morgan fingerprint density at radius 3 is 2.67 bits per heavy atom. The fraction of sp³-hybridized carbons (Fsp3) is 1.00. The zero-order valence-corrected chi connectivity index (χ0v) is 6.05. The average Bonchev–Trinajstić information content (AvgIpc) is 1.90. The van der Waals surface area contributed by atoms with Crippen molar-refractivity contribution in [1.82, 2.24) is 10.4 Å². The van der Waals surface area contributed by atoms with E-state index in [4.69, 9.17) is 4.74 Å². The molecule has 1 rings (SSSR count). The molecule has 0 amide bonds. The fourth-order valence-electron chi connectivity index (χ4n) is 0.883. The summed E-state index contributed by atoms with van der Waals surface area (Å²) >= 11 is 0. The van der Waals surface area contributed by atoms with Crippen molar-refractivity contribution in [2.45, 2.75) is 19.9 Å². The van der Waals surface area contributed by atoms with Gasteiger partial charge in [-0.05, 0) is 13.8 Å². The summed E-state index contributed by atoms with van der Waals surface area (Å²) in [6, 6.07) is 0.578. The van der Waals surface area contributed by atoms with Crippen molar-refractivity contribution in [3.05, 3.63) is 0 Å². The maximum absolute atomic E-state index is 5.10. The van der Waals surface area contributed by atoms with Crippen LogP contribution in [0, 0.1) is 0 Å². The van der Waals surface area contributed by atoms with Crippen LogP contribution in [0.2, 0.25) is 0 Å². The molecule has 1 aliphatic heterocycles. The van der Waals surface area contributed by atoms with Gasteiger partial charge in [0.25, 0.3) is 0 Å². The monoisotopic (exact) mass is 130 g/mol. The lowest BCUT2D eigenvalue weighted by molar-refractivity contribution is -0.0341. The van der Waals surface area contributed by atoms with E-state index in [1.807, 2.05) is 0 Å². The second kappa shape index (κ2) is 3.15. The Morgan fingerprint density at radius 2 is 2.33 bits per heavy atom. The van der Waals surface area contributed by atoms with Gasteiger partial charge < -0.3 is 4.74 Å². The largest absolute Gasteiger partial charge is 0.364 e. The minimum atomic E-state index is 0.578. The third-order valence-corrected chi connectivity index (χ3v) is 1.47. The summed E-state index contributed by atoms with van der Waals surface area (Å²) in [5.41, 5.74) is 3.13. The molecule has 1 heterocycles. The summed E-state index contributed by atoms with van der Waals surface area (Å²) in [6.07, 6.45) is 0. The van der Waals surface area contributed by atoms with E-state index in [9.17, 15) is 0 Å². The van der Waals surface area contributed by atoms with Gasteiger partial charge >= 0.3 is 0 Å². The van der Waals surface area contributed by atoms with E-state index >= 15 is 0 Å². The molecule has 0 atom stereocenters. The van der Waals surface area contributed by atoms with Crippen molar-refractivity contribution >= 4 is 0 Å². The lowest BCUT2D eigenvalue weighted by Crippen LogP contribution is -2.49. The van der Waals surface area contributed by atoms with Crippen LogP contribution in [0.3, 0.4) is 0 Å². The third kappa shape index (κ3) is 1.93. The first-order valence-electron chi connectivity index (χ1n) is 3.38. The predicted molar refractivity (Wildman–Crippen MR) is 35.8 cm³/mol. The van der Waals surface area contributed by atoms with Gasteiger partial charge in [0, 0.05) is 12.6 Å². The molecule has 1 fully saturated rings. The second-order valence-electron chi connectivity index (χ2n) is 2.50. The standard InChI is InChI=1S/C6H14N2O/c1-6(2)8-3-4-9-5-7-8/h6-7H,3-5H2,1-2H3. The van der Waals surface area contributed by atoms with Gasteiger partial charge in [-0.2, -0.15) is 0 Å². The van der Waals surface area contributed by atoms with Crippen molar-refractivity contribution < 1.29 is 4.74 Å². The van der Waals surface area contributed by atoms with Crippen molar-refractivity contribution in [2.75, 3.05) is 19.9 Å². The summed E-state index contributed by atoms with van der Waals surface area (Å²) in [6.45, 7) is 6.84. The highest BCUT2D eigenvalue weighted by Crippen LogP contribution is 1.96. The fourth-order valence-corrected chi connectivity index (χ4v) is 0.883. The highest BCUT2D eigenvalue weighted by atomic mass is 16.5. The number of nitrogens with one attached hydrogen (secondary N) is 1. The molecule has 0 saturated carbocycles. The SMILES string of the molecule is CC(C)N1CCOCN1. The highest BCUT2D eigenvalue weighted by molar-refractivity contribution is 4.58. The Morgan fingerprint density at radius 1 is 1.56 bits per heavy atom. The van der Waals surface area contributed by atoms with E-state index in [2.05, 4.69) is 24.3 Å². The lowest BCUT2D eigenvalue weighted by atomic mass is 10.4. The molecule has 0 bridgehead atoms. The van der Waals surface area contributed by atoms with Gasteiger partial charge in [0.15, 0.2) is 0 Å². The first-order chi connectivity index (χ1) is 4.30. The summed E-state index contributed by atoms with van der Waals surface area (Å²) in [4.78, 5) is 0. The zero-order valence-electron chi connectivity index (χ0n) is 6.05. The predicted octanol–water partition coefficient (Wildman–Crippen LogP) is 0.189. The first-order valence-corrected chi connectivity index (χ1v) is 3.38. The molecule has 0 aliphatic carbocycles. The zero-order chi connectivity index (χ0) is 6.69. The van der Waals surface area contributed by atoms with E-state index in [1.165, 1.54) is 0 Å². The van der Waals surface area contributed by atoms with Crippen molar-refractivity contribution in [2.24, 2.45) is 0 Å². The van der Waals surface area contributed by atoms with Gasteiger partial charge in [-0.25, -0.2) is 10.4 Å². The molecule has 1 aliphatic rings. The number of ether oxygens (including phenoxy) is 1.